The van der Waals surface area contributed by atoms with Crippen molar-refractivity contribution in [3.63, 3.8) is 0 Å². The van der Waals surface area contributed by atoms with E-state index < -0.39 is 0 Å². The molecule has 3 rings (SSSR count). The van der Waals surface area contributed by atoms with Crippen LogP contribution in [0.1, 0.15) is 18.7 Å². The molecule has 0 aliphatic carbocycles. The highest BCUT2D eigenvalue weighted by Gasteiger charge is 2.15. The van der Waals surface area contributed by atoms with E-state index in [0.717, 1.165) is 42.3 Å². The number of para-hydroxylation sites is 1. The summed E-state index contributed by atoms with van der Waals surface area (Å²) >= 11 is 0. The van der Waals surface area contributed by atoms with Crippen LogP contribution in [0.25, 0.3) is 11.3 Å². The number of nitrogens with zero attached hydrogens (tertiary/aromatic N) is 2. The molecule has 110 valence electrons. The molecule has 1 atom stereocenters. The van der Waals surface area contributed by atoms with E-state index in [1.54, 1.807) is 7.11 Å². The van der Waals surface area contributed by atoms with E-state index in [4.69, 9.17) is 9.72 Å². The number of benzene rings is 1. The van der Waals surface area contributed by atoms with Gasteiger partial charge in [0.1, 0.15) is 11.6 Å². The molecule has 0 spiro atoms. The lowest BCUT2D eigenvalue weighted by atomic mass is 9.96. The zero-order chi connectivity index (χ0) is 14.5. The lowest BCUT2D eigenvalue weighted by Crippen LogP contribution is -2.31. The van der Waals surface area contributed by atoms with Crippen LogP contribution in [0.3, 0.4) is 0 Å². The molecule has 1 unspecified atom stereocenters. The molecule has 1 aliphatic heterocycles. The van der Waals surface area contributed by atoms with Crippen LogP contribution in [-0.2, 0) is 6.42 Å². The molecule has 1 saturated heterocycles. The van der Waals surface area contributed by atoms with Crippen molar-refractivity contribution in [2.45, 2.75) is 19.3 Å². The third kappa shape index (κ3) is 3.39. The minimum absolute atomic E-state index is 0.645. The topological polar surface area (TPSA) is 47.0 Å². The maximum absolute atomic E-state index is 5.42. The van der Waals surface area contributed by atoms with Gasteiger partial charge in [0.25, 0.3) is 0 Å². The second kappa shape index (κ2) is 6.68. The Balaban J connectivity index is 1.82. The number of hydrogen-bond donors (Lipinski definition) is 1. The first-order valence-corrected chi connectivity index (χ1v) is 7.53. The number of ether oxygens (including phenoxy) is 1. The molecular weight excluding hydrogens is 262 g/mol. The van der Waals surface area contributed by atoms with E-state index in [1.807, 2.05) is 36.5 Å². The summed E-state index contributed by atoms with van der Waals surface area (Å²) < 4.78 is 5.42. The van der Waals surface area contributed by atoms with Gasteiger partial charge in [0.15, 0.2) is 0 Å². The largest absolute Gasteiger partial charge is 0.496 e. The molecule has 21 heavy (non-hydrogen) atoms. The van der Waals surface area contributed by atoms with Crippen LogP contribution in [0.15, 0.2) is 36.5 Å². The van der Waals surface area contributed by atoms with Crippen LogP contribution < -0.4 is 10.1 Å². The summed E-state index contributed by atoms with van der Waals surface area (Å²) in [5.41, 5.74) is 1.95. The SMILES string of the molecule is COc1ccccc1-c1ccnc(CC2CCCNC2)n1. The van der Waals surface area contributed by atoms with Gasteiger partial charge < -0.3 is 10.1 Å². The fourth-order valence-corrected chi connectivity index (χ4v) is 2.86. The normalized spacial score (nSPS) is 18.4. The molecule has 1 aromatic carbocycles. The first-order chi connectivity index (χ1) is 10.4. The molecule has 1 aromatic heterocycles. The zero-order valence-corrected chi connectivity index (χ0v) is 12.4. The predicted molar refractivity (Wildman–Crippen MR) is 83.3 cm³/mol. The molecule has 2 aromatic rings. The van der Waals surface area contributed by atoms with Gasteiger partial charge in [0.2, 0.25) is 0 Å². The van der Waals surface area contributed by atoms with Crippen molar-refractivity contribution >= 4 is 0 Å². The van der Waals surface area contributed by atoms with Gasteiger partial charge in [-0.15, -0.1) is 0 Å². The Bertz CT molecular complexity index is 594. The number of nitrogens with one attached hydrogen (secondary N) is 1. The maximum atomic E-state index is 5.42. The van der Waals surface area contributed by atoms with E-state index in [0.29, 0.717) is 5.92 Å². The van der Waals surface area contributed by atoms with Gasteiger partial charge in [-0.3, -0.25) is 0 Å². The molecule has 1 N–H and O–H groups in total. The van der Waals surface area contributed by atoms with Gasteiger partial charge in [-0.25, -0.2) is 9.97 Å². The van der Waals surface area contributed by atoms with Gasteiger partial charge in [0, 0.05) is 18.2 Å². The maximum Gasteiger partial charge on any atom is 0.129 e. The molecule has 2 heterocycles. The van der Waals surface area contributed by atoms with Gasteiger partial charge in [-0.05, 0) is 50.0 Å². The van der Waals surface area contributed by atoms with Crippen molar-refractivity contribution in [2.75, 3.05) is 20.2 Å². The fraction of sp³-hybridized carbons (Fsp3) is 0.412. The molecule has 0 bridgehead atoms. The number of methoxy groups -OCH3 is 1. The Morgan fingerprint density at radius 3 is 3.00 bits per heavy atom. The third-order valence-corrected chi connectivity index (χ3v) is 3.96. The Morgan fingerprint density at radius 1 is 1.29 bits per heavy atom. The van der Waals surface area contributed by atoms with Crippen molar-refractivity contribution in [3.05, 3.63) is 42.4 Å². The predicted octanol–water partition coefficient (Wildman–Crippen LogP) is 2.69. The molecule has 4 heteroatoms. The van der Waals surface area contributed by atoms with Crippen molar-refractivity contribution in [3.8, 4) is 17.0 Å². The fourth-order valence-electron chi connectivity index (χ4n) is 2.86. The lowest BCUT2D eigenvalue weighted by Gasteiger charge is -2.22. The van der Waals surface area contributed by atoms with Crippen molar-refractivity contribution < 1.29 is 4.74 Å². The second-order valence-corrected chi connectivity index (χ2v) is 5.47. The third-order valence-electron chi connectivity index (χ3n) is 3.96. The van der Waals surface area contributed by atoms with Crippen LogP contribution in [0.4, 0.5) is 0 Å². The smallest absolute Gasteiger partial charge is 0.129 e. The molecule has 0 amide bonds. The Kier molecular flexibility index (Phi) is 4.46. The molecule has 1 fully saturated rings. The monoisotopic (exact) mass is 283 g/mol. The quantitative estimate of drug-likeness (QED) is 0.937. The first-order valence-electron chi connectivity index (χ1n) is 7.53. The van der Waals surface area contributed by atoms with Gasteiger partial charge in [0.05, 0.1) is 12.8 Å². The highest BCUT2D eigenvalue weighted by molar-refractivity contribution is 5.66. The van der Waals surface area contributed by atoms with Crippen molar-refractivity contribution in [2.24, 2.45) is 5.92 Å². The Hall–Kier alpha value is -1.94. The Morgan fingerprint density at radius 2 is 2.19 bits per heavy atom. The highest BCUT2D eigenvalue weighted by Crippen LogP contribution is 2.28. The number of piperidine rings is 1. The van der Waals surface area contributed by atoms with Crippen LogP contribution in [0, 0.1) is 5.92 Å². The average molecular weight is 283 g/mol. The van der Waals surface area contributed by atoms with E-state index in [1.165, 1.54) is 12.8 Å². The number of hydrogen-bond acceptors (Lipinski definition) is 4. The summed E-state index contributed by atoms with van der Waals surface area (Å²) in [4.78, 5) is 9.16. The number of aromatic nitrogens is 2. The molecule has 4 nitrogen and oxygen atoms in total. The molecular formula is C17H21N3O. The van der Waals surface area contributed by atoms with Crippen molar-refractivity contribution in [1.29, 1.82) is 0 Å². The lowest BCUT2D eigenvalue weighted by molar-refractivity contribution is 0.370. The van der Waals surface area contributed by atoms with Gasteiger partial charge >= 0.3 is 0 Å². The minimum atomic E-state index is 0.645. The highest BCUT2D eigenvalue weighted by atomic mass is 16.5. The Labute approximate surface area is 125 Å². The summed E-state index contributed by atoms with van der Waals surface area (Å²) in [7, 11) is 1.69. The molecule has 0 radical (unpaired) electrons. The second-order valence-electron chi connectivity index (χ2n) is 5.47. The zero-order valence-electron chi connectivity index (χ0n) is 12.4. The average Bonchev–Trinajstić information content (AvgIpc) is 2.56. The standard InChI is InChI=1S/C17H21N3O/c1-21-16-7-3-2-6-14(16)15-8-10-19-17(20-15)11-13-5-4-9-18-12-13/h2-3,6-8,10,13,18H,4-5,9,11-12H2,1H3. The summed E-state index contributed by atoms with van der Waals surface area (Å²) in [6, 6.07) is 9.92. The van der Waals surface area contributed by atoms with E-state index >= 15 is 0 Å². The number of rotatable bonds is 4. The van der Waals surface area contributed by atoms with E-state index in [-0.39, 0.29) is 0 Å². The van der Waals surface area contributed by atoms with Crippen LogP contribution in [0.5, 0.6) is 5.75 Å². The van der Waals surface area contributed by atoms with Crippen molar-refractivity contribution in [1.82, 2.24) is 15.3 Å². The van der Waals surface area contributed by atoms with Crippen LogP contribution >= 0.6 is 0 Å². The van der Waals surface area contributed by atoms with Gasteiger partial charge in [-0.2, -0.15) is 0 Å². The van der Waals surface area contributed by atoms with Crippen LogP contribution in [0.2, 0.25) is 0 Å². The molecule has 1 aliphatic rings. The van der Waals surface area contributed by atoms with E-state index in [9.17, 15) is 0 Å². The first kappa shape index (κ1) is 14.0. The summed E-state index contributed by atoms with van der Waals surface area (Å²) in [6.07, 6.45) is 5.29. The summed E-state index contributed by atoms with van der Waals surface area (Å²) in [6.45, 7) is 2.21. The summed E-state index contributed by atoms with van der Waals surface area (Å²) in [5.74, 6) is 2.42. The molecule has 0 saturated carbocycles. The van der Waals surface area contributed by atoms with Gasteiger partial charge in [-0.1, -0.05) is 12.1 Å². The van der Waals surface area contributed by atoms with E-state index in [2.05, 4.69) is 10.3 Å². The van der Waals surface area contributed by atoms with Crippen LogP contribution in [-0.4, -0.2) is 30.2 Å². The summed E-state index contributed by atoms with van der Waals surface area (Å²) in [5, 5.41) is 3.44. The minimum Gasteiger partial charge on any atom is -0.496 e.